The number of fused-ring (bicyclic) bond motifs is 1. The van der Waals surface area contributed by atoms with Crippen LogP contribution in [-0.4, -0.2) is 24.7 Å². The van der Waals surface area contributed by atoms with Gasteiger partial charge in [-0.25, -0.2) is 0 Å². The first-order chi connectivity index (χ1) is 17.1. The van der Waals surface area contributed by atoms with Gasteiger partial charge in [-0.1, -0.05) is 48.4 Å². The summed E-state index contributed by atoms with van der Waals surface area (Å²) in [6, 6.07) is 22.4. The van der Waals surface area contributed by atoms with E-state index in [0.29, 0.717) is 6.61 Å². The highest BCUT2D eigenvalue weighted by Gasteiger charge is 2.18. The fourth-order valence-corrected chi connectivity index (χ4v) is 4.52. The second-order valence-corrected chi connectivity index (χ2v) is 8.74. The number of carboxylic acids is 1. The maximum absolute atomic E-state index is 11.1. The maximum Gasteiger partial charge on any atom is 0.304 e. The Morgan fingerprint density at radius 1 is 1.06 bits per heavy atom. The Bertz CT molecular complexity index is 1220. The van der Waals surface area contributed by atoms with Crippen molar-refractivity contribution in [1.29, 1.82) is 0 Å². The molecule has 0 radical (unpaired) electrons. The first-order valence-corrected chi connectivity index (χ1v) is 11.9. The predicted molar refractivity (Wildman–Crippen MR) is 138 cm³/mol. The standard InChI is InChI=1S/C30H31NO4/c1-3-6-26(18-30(32)33)24-10-13-27(14-11-24)35-21-23-8-4-7-22(17-23)20-31-16-5-9-25-12-15-28(34-2)19-29(25)31/h4,7-8,10-15,17,19,26H,5,9,16,18,20-21H2,1-2H3,(H,32,33)/t26-/m0/s1. The lowest BCUT2D eigenvalue weighted by Crippen LogP contribution is -2.28. The molecule has 1 N–H and O–H groups in total. The molecular weight excluding hydrogens is 438 g/mol. The normalized spacial score (nSPS) is 13.3. The number of rotatable bonds is 9. The molecule has 3 aromatic carbocycles. The number of ether oxygens (including phenoxy) is 2. The van der Waals surface area contributed by atoms with Crippen molar-refractivity contribution in [2.45, 2.75) is 45.3 Å². The molecule has 5 nitrogen and oxygen atoms in total. The van der Waals surface area contributed by atoms with Gasteiger partial charge in [0.2, 0.25) is 0 Å². The summed E-state index contributed by atoms with van der Waals surface area (Å²) in [7, 11) is 1.71. The molecule has 3 aromatic rings. The first kappa shape index (κ1) is 24.2. The van der Waals surface area contributed by atoms with Gasteiger partial charge in [-0.2, -0.15) is 0 Å². The number of aliphatic carboxylic acids is 1. The van der Waals surface area contributed by atoms with E-state index in [1.165, 1.54) is 16.8 Å². The van der Waals surface area contributed by atoms with Crippen molar-refractivity contribution >= 4 is 11.7 Å². The van der Waals surface area contributed by atoms with Crippen molar-refractivity contribution in [3.05, 3.63) is 89.0 Å². The Hall–Kier alpha value is -3.91. The highest BCUT2D eigenvalue weighted by atomic mass is 16.5. The molecule has 0 spiro atoms. The lowest BCUT2D eigenvalue weighted by molar-refractivity contribution is -0.137. The summed E-state index contributed by atoms with van der Waals surface area (Å²) in [5, 5.41) is 9.13. The molecule has 0 aromatic heterocycles. The van der Waals surface area contributed by atoms with E-state index in [0.717, 1.165) is 48.6 Å². The molecule has 1 heterocycles. The molecule has 0 amide bonds. The third-order valence-corrected chi connectivity index (χ3v) is 6.26. The number of benzene rings is 3. The minimum absolute atomic E-state index is 0.0118. The molecule has 0 saturated carbocycles. The second kappa shape index (κ2) is 11.5. The van der Waals surface area contributed by atoms with Gasteiger partial charge in [-0.3, -0.25) is 4.79 Å². The van der Waals surface area contributed by atoms with Crippen molar-refractivity contribution in [2.24, 2.45) is 0 Å². The van der Waals surface area contributed by atoms with E-state index in [1.54, 1.807) is 14.0 Å². The van der Waals surface area contributed by atoms with E-state index in [2.05, 4.69) is 53.1 Å². The van der Waals surface area contributed by atoms with Crippen LogP contribution in [0.5, 0.6) is 11.5 Å². The summed E-state index contributed by atoms with van der Waals surface area (Å²) < 4.78 is 11.5. The third-order valence-electron chi connectivity index (χ3n) is 6.26. The molecule has 1 atom stereocenters. The molecule has 0 bridgehead atoms. The Kier molecular flexibility index (Phi) is 7.95. The monoisotopic (exact) mass is 469 g/mol. The van der Waals surface area contributed by atoms with E-state index < -0.39 is 5.97 Å². The summed E-state index contributed by atoms with van der Waals surface area (Å²) in [6.07, 6.45) is 2.24. The van der Waals surface area contributed by atoms with Crippen LogP contribution in [0, 0.1) is 11.8 Å². The molecular formula is C30H31NO4. The van der Waals surface area contributed by atoms with Gasteiger partial charge in [0.25, 0.3) is 0 Å². The number of anilines is 1. The largest absolute Gasteiger partial charge is 0.497 e. The summed E-state index contributed by atoms with van der Waals surface area (Å²) >= 11 is 0. The van der Waals surface area contributed by atoms with E-state index >= 15 is 0 Å². The molecule has 1 aliphatic rings. The van der Waals surface area contributed by atoms with Crippen molar-refractivity contribution in [1.82, 2.24) is 0 Å². The molecule has 1 aliphatic heterocycles. The van der Waals surface area contributed by atoms with Gasteiger partial charge >= 0.3 is 5.97 Å². The fraction of sp³-hybridized carbons (Fsp3) is 0.300. The van der Waals surface area contributed by atoms with E-state index in [9.17, 15) is 4.79 Å². The van der Waals surface area contributed by atoms with Crippen molar-refractivity contribution in [3.8, 4) is 23.3 Å². The molecule has 4 rings (SSSR count). The van der Waals surface area contributed by atoms with Crippen LogP contribution in [-0.2, 0) is 24.4 Å². The summed E-state index contributed by atoms with van der Waals surface area (Å²) in [5.41, 5.74) is 5.86. The lowest BCUT2D eigenvalue weighted by Gasteiger charge is -2.32. The predicted octanol–water partition coefficient (Wildman–Crippen LogP) is 5.81. The van der Waals surface area contributed by atoms with Crippen LogP contribution in [0.1, 0.15) is 47.9 Å². The number of aryl methyl sites for hydroxylation is 1. The Morgan fingerprint density at radius 3 is 2.57 bits per heavy atom. The van der Waals surface area contributed by atoms with Crippen LogP contribution in [0.25, 0.3) is 0 Å². The molecule has 0 fully saturated rings. The molecule has 0 aliphatic carbocycles. The number of hydrogen-bond acceptors (Lipinski definition) is 4. The van der Waals surface area contributed by atoms with Crippen LogP contribution in [0.3, 0.4) is 0 Å². The molecule has 0 unspecified atom stereocenters. The van der Waals surface area contributed by atoms with Crippen LogP contribution >= 0.6 is 0 Å². The SMILES string of the molecule is CC#C[C@@H](CC(=O)O)c1ccc(OCc2cccc(CN3CCCc4ccc(OC)cc43)c2)cc1. The zero-order chi connectivity index (χ0) is 24.6. The average Bonchev–Trinajstić information content (AvgIpc) is 2.87. The smallest absolute Gasteiger partial charge is 0.304 e. The van der Waals surface area contributed by atoms with Gasteiger partial charge in [0.1, 0.15) is 18.1 Å². The van der Waals surface area contributed by atoms with Gasteiger partial charge in [0.05, 0.1) is 19.4 Å². The fourth-order valence-electron chi connectivity index (χ4n) is 4.52. The highest BCUT2D eigenvalue weighted by molar-refractivity contribution is 5.69. The molecule has 0 saturated heterocycles. The minimum atomic E-state index is -0.856. The lowest BCUT2D eigenvalue weighted by atomic mass is 9.96. The molecule has 35 heavy (non-hydrogen) atoms. The minimum Gasteiger partial charge on any atom is -0.497 e. The molecule has 5 heteroatoms. The highest BCUT2D eigenvalue weighted by Crippen LogP contribution is 2.32. The zero-order valence-corrected chi connectivity index (χ0v) is 20.3. The van der Waals surface area contributed by atoms with Gasteiger partial charge in [-0.15, -0.1) is 5.92 Å². The number of hydrogen-bond donors (Lipinski definition) is 1. The summed E-state index contributed by atoms with van der Waals surface area (Å²) in [5.74, 6) is 6.26. The van der Waals surface area contributed by atoms with Crippen LogP contribution in [0.15, 0.2) is 66.7 Å². The number of carboxylic acid groups (broad SMARTS) is 1. The first-order valence-electron chi connectivity index (χ1n) is 11.9. The summed E-state index contributed by atoms with van der Waals surface area (Å²) in [4.78, 5) is 13.5. The van der Waals surface area contributed by atoms with Crippen molar-refractivity contribution in [3.63, 3.8) is 0 Å². The Balaban J connectivity index is 1.40. The van der Waals surface area contributed by atoms with Crippen LogP contribution < -0.4 is 14.4 Å². The number of methoxy groups -OCH3 is 1. The Labute approximate surface area is 207 Å². The molecule has 180 valence electrons. The van der Waals surface area contributed by atoms with E-state index in [4.69, 9.17) is 14.6 Å². The summed E-state index contributed by atoms with van der Waals surface area (Å²) in [6.45, 7) is 4.05. The van der Waals surface area contributed by atoms with Crippen molar-refractivity contribution < 1.29 is 19.4 Å². The van der Waals surface area contributed by atoms with Crippen LogP contribution in [0.4, 0.5) is 5.69 Å². The van der Waals surface area contributed by atoms with Crippen molar-refractivity contribution in [2.75, 3.05) is 18.6 Å². The van der Waals surface area contributed by atoms with Gasteiger partial charge < -0.3 is 19.5 Å². The van der Waals surface area contributed by atoms with Crippen LogP contribution in [0.2, 0.25) is 0 Å². The van der Waals surface area contributed by atoms with Gasteiger partial charge in [0.15, 0.2) is 0 Å². The number of carbonyl (C=O) groups is 1. The van der Waals surface area contributed by atoms with E-state index in [-0.39, 0.29) is 12.3 Å². The average molecular weight is 470 g/mol. The van der Waals surface area contributed by atoms with E-state index in [1.807, 2.05) is 30.3 Å². The third kappa shape index (κ3) is 6.36. The topological polar surface area (TPSA) is 59.0 Å². The zero-order valence-electron chi connectivity index (χ0n) is 20.3. The maximum atomic E-state index is 11.1. The van der Waals surface area contributed by atoms with Gasteiger partial charge in [0, 0.05) is 24.8 Å². The van der Waals surface area contributed by atoms with Gasteiger partial charge in [-0.05, 0) is 60.2 Å². The Morgan fingerprint density at radius 2 is 1.83 bits per heavy atom. The number of nitrogens with zero attached hydrogens (tertiary/aromatic N) is 1. The second-order valence-electron chi connectivity index (χ2n) is 8.74. The quantitative estimate of drug-likeness (QED) is 0.401.